The van der Waals surface area contributed by atoms with Crippen molar-refractivity contribution in [2.75, 3.05) is 27.2 Å². The molecule has 0 aromatic carbocycles. The molecule has 0 radical (unpaired) electrons. The van der Waals surface area contributed by atoms with Crippen molar-refractivity contribution in [3.05, 3.63) is 17.9 Å². The molecule has 0 unspecified atom stereocenters. The molecular weight excluding hydrogens is 230 g/mol. The fourth-order valence-corrected chi connectivity index (χ4v) is 1.60. The van der Waals surface area contributed by atoms with Crippen molar-refractivity contribution in [3.63, 3.8) is 0 Å². The van der Waals surface area contributed by atoms with E-state index in [0.717, 1.165) is 13.1 Å². The van der Waals surface area contributed by atoms with Gasteiger partial charge in [0.15, 0.2) is 0 Å². The molecule has 0 amide bonds. The topological polar surface area (TPSA) is 88.6 Å². The van der Waals surface area contributed by atoms with E-state index in [1.807, 2.05) is 19.0 Å². The second-order valence-electron chi connectivity index (χ2n) is 3.75. The van der Waals surface area contributed by atoms with Crippen LogP contribution >= 0.6 is 0 Å². The van der Waals surface area contributed by atoms with Crippen LogP contribution in [0.3, 0.4) is 0 Å². The Morgan fingerprint density at radius 3 is 2.62 bits per heavy atom. The van der Waals surface area contributed by atoms with Crippen molar-refractivity contribution >= 4 is 10.0 Å². The number of furan rings is 1. The van der Waals surface area contributed by atoms with Crippen molar-refractivity contribution < 1.29 is 12.8 Å². The Hall–Kier alpha value is -0.890. The van der Waals surface area contributed by atoms with Crippen molar-refractivity contribution in [1.29, 1.82) is 0 Å². The SMILES string of the molecule is CN(C)CCNCc1ccc(S(N)(=O)=O)o1. The number of sulfonamides is 1. The average Bonchev–Trinajstić information content (AvgIpc) is 2.59. The summed E-state index contributed by atoms with van der Waals surface area (Å²) in [5.74, 6) is 0.558. The smallest absolute Gasteiger partial charge is 0.271 e. The molecule has 7 heteroatoms. The van der Waals surface area contributed by atoms with Crippen LogP contribution in [-0.4, -0.2) is 40.5 Å². The van der Waals surface area contributed by atoms with Crippen LogP contribution in [-0.2, 0) is 16.6 Å². The van der Waals surface area contributed by atoms with Gasteiger partial charge in [-0.3, -0.25) is 0 Å². The van der Waals surface area contributed by atoms with Crippen molar-refractivity contribution in [2.24, 2.45) is 5.14 Å². The number of nitrogens with one attached hydrogen (secondary N) is 1. The number of hydrogen-bond donors (Lipinski definition) is 2. The van der Waals surface area contributed by atoms with Gasteiger partial charge in [0.1, 0.15) is 5.76 Å². The number of primary sulfonamides is 1. The Morgan fingerprint density at radius 1 is 1.44 bits per heavy atom. The Kier molecular flexibility index (Phi) is 4.48. The molecule has 0 spiro atoms. The molecule has 0 saturated heterocycles. The highest BCUT2D eigenvalue weighted by Gasteiger charge is 2.12. The molecule has 0 fully saturated rings. The lowest BCUT2D eigenvalue weighted by molar-refractivity contribution is 0.377. The molecule has 6 nitrogen and oxygen atoms in total. The number of likely N-dealkylation sites (N-methyl/N-ethyl adjacent to an activating group) is 1. The molecule has 0 aliphatic rings. The van der Waals surface area contributed by atoms with Gasteiger partial charge in [-0.1, -0.05) is 0 Å². The highest BCUT2D eigenvalue weighted by molar-refractivity contribution is 7.89. The summed E-state index contributed by atoms with van der Waals surface area (Å²) in [5.41, 5.74) is 0. The van der Waals surface area contributed by atoms with Crippen LogP contribution < -0.4 is 10.5 Å². The standard InChI is InChI=1S/C9H17N3O3S/c1-12(2)6-5-11-7-8-3-4-9(15-8)16(10,13)14/h3-4,11H,5-7H2,1-2H3,(H2,10,13,14). The van der Waals surface area contributed by atoms with Gasteiger partial charge in [0.05, 0.1) is 6.54 Å². The third-order valence-electron chi connectivity index (χ3n) is 1.95. The largest absolute Gasteiger partial charge is 0.447 e. The lowest BCUT2D eigenvalue weighted by Crippen LogP contribution is -2.26. The van der Waals surface area contributed by atoms with E-state index in [1.54, 1.807) is 6.07 Å². The molecule has 3 N–H and O–H groups in total. The highest BCUT2D eigenvalue weighted by Crippen LogP contribution is 2.11. The summed E-state index contributed by atoms with van der Waals surface area (Å²) in [5, 5.41) is 7.85. The van der Waals surface area contributed by atoms with Gasteiger partial charge in [-0.2, -0.15) is 0 Å². The van der Waals surface area contributed by atoms with E-state index in [-0.39, 0.29) is 5.09 Å². The Bertz CT molecular complexity index is 425. The van der Waals surface area contributed by atoms with Crippen LogP contribution in [0.5, 0.6) is 0 Å². The summed E-state index contributed by atoms with van der Waals surface area (Å²) >= 11 is 0. The number of hydrogen-bond acceptors (Lipinski definition) is 5. The molecule has 0 aliphatic heterocycles. The predicted molar refractivity (Wildman–Crippen MR) is 60.3 cm³/mol. The third-order valence-corrected chi connectivity index (χ3v) is 2.73. The minimum atomic E-state index is -3.73. The third kappa shape index (κ3) is 4.31. The van der Waals surface area contributed by atoms with Gasteiger partial charge in [-0.15, -0.1) is 0 Å². The van der Waals surface area contributed by atoms with E-state index < -0.39 is 10.0 Å². The summed E-state index contributed by atoms with van der Waals surface area (Å²) in [4.78, 5) is 2.05. The molecule has 1 aromatic heterocycles. The lowest BCUT2D eigenvalue weighted by atomic mass is 10.4. The first-order valence-electron chi connectivity index (χ1n) is 4.86. The van der Waals surface area contributed by atoms with E-state index in [1.165, 1.54) is 6.07 Å². The van der Waals surface area contributed by atoms with Gasteiger partial charge in [0.25, 0.3) is 10.0 Å². The fourth-order valence-electron chi connectivity index (χ4n) is 1.12. The molecule has 16 heavy (non-hydrogen) atoms. The minimum absolute atomic E-state index is 0.197. The number of nitrogens with zero attached hydrogens (tertiary/aromatic N) is 1. The second kappa shape index (κ2) is 5.44. The van der Waals surface area contributed by atoms with Crippen LogP contribution in [0.2, 0.25) is 0 Å². The van der Waals surface area contributed by atoms with Crippen molar-refractivity contribution in [1.82, 2.24) is 10.2 Å². The summed E-state index contributed by atoms with van der Waals surface area (Å²) in [7, 11) is 0.231. The van der Waals surface area contributed by atoms with Gasteiger partial charge in [0.2, 0.25) is 5.09 Å². The number of rotatable bonds is 6. The molecule has 1 aromatic rings. The maximum atomic E-state index is 10.9. The Morgan fingerprint density at radius 2 is 2.12 bits per heavy atom. The van der Waals surface area contributed by atoms with Crippen molar-refractivity contribution in [2.45, 2.75) is 11.6 Å². The zero-order valence-electron chi connectivity index (χ0n) is 9.43. The first kappa shape index (κ1) is 13.2. The summed E-state index contributed by atoms with van der Waals surface area (Å²) in [6.07, 6.45) is 0. The minimum Gasteiger partial charge on any atom is -0.447 e. The molecule has 92 valence electrons. The maximum absolute atomic E-state index is 10.9. The lowest BCUT2D eigenvalue weighted by Gasteiger charge is -2.09. The summed E-state index contributed by atoms with van der Waals surface area (Å²) in [6, 6.07) is 2.96. The van der Waals surface area contributed by atoms with E-state index >= 15 is 0 Å². The second-order valence-corrected chi connectivity index (χ2v) is 5.24. The maximum Gasteiger partial charge on any atom is 0.271 e. The van der Waals surface area contributed by atoms with Crippen LogP contribution in [0.25, 0.3) is 0 Å². The fraction of sp³-hybridized carbons (Fsp3) is 0.556. The molecule has 0 aliphatic carbocycles. The van der Waals surface area contributed by atoms with E-state index in [4.69, 9.17) is 9.56 Å². The molecular formula is C9H17N3O3S. The summed E-state index contributed by atoms with van der Waals surface area (Å²) < 4.78 is 26.9. The van der Waals surface area contributed by atoms with Gasteiger partial charge >= 0.3 is 0 Å². The molecule has 0 saturated carbocycles. The quantitative estimate of drug-likeness (QED) is 0.666. The van der Waals surface area contributed by atoms with Gasteiger partial charge in [-0.05, 0) is 26.2 Å². The Labute approximate surface area is 95.5 Å². The monoisotopic (exact) mass is 247 g/mol. The van der Waals surface area contributed by atoms with Crippen LogP contribution in [0.1, 0.15) is 5.76 Å². The summed E-state index contributed by atoms with van der Waals surface area (Å²) in [6.45, 7) is 2.20. The first-order valence-corrected chi connectivity index (χ1v) is 6.41. The van der Waals surface area contributed by atoms with Crippen molar-refractivity contribution in [3.8, 4) is 0 Å². The zero-order valence-corrected chi connectivity index (χ0v) is 10.3. The van der Waals surface area contributed by atoms with Crippen LogP contribution in [0.15, 0.2) is 21.6 Å². The first-order chi connectivity index (χ1) is 7.39. The van der Waals surface area contributed by atoms with Gasteiger partial charge < -0.3 is 14.6 Å². The molecule has 1 heterocycles. The highest BCUT2D eigenvalue weighted by atomic mass is 32.2. The van der Waals surface area contributed by atoms with Crippen LogP contribution in [0, 0.1) is 0 Å². The van der Waals surface area contributed by atoms with Gasteiger partial charge in [0, 0.05) is 13.1 Å². The molecule has 1 rings (SSSR count). The molecule has 0 atom stereocenters. The Balaban J connectivity index is 2.42. The van der Waals surface area contributed by atoms with E-state index in [0.29, 0.717) is 12.3 Å². The van der Waals surface area contributed by atoms with E-state index in [9.17, 15) is 8.42 Å². The van der Waals surface area contributed by atoms with Gasteiger partial charge in [-0.25, -0.2) is 13.6 Å². The number of nitrogens with two attached hydrogens (primary N) is 1. The normalized spacial score (nSPS) is 12.2. The van der Waals surface area contributed by atoms with Crippen LogP contribution in [0.4, 0.5) is 0 Å². The molecule has 0 bridgehead atoms. The van der Waals surface area contributed by atoms with E-state index in [2.05, 4.69) is 5.32 Å². The predicted octanol–water partition coefficient (Wildman–Crippen LogP) is -0.422. The average molecular weight is 247 g/mol. The zero-order chi connectivity index (χ0) is 12.2.